The lowest BCUT2D eigenvalue weighted by Gasteiger charge is -2.22. The predicted octanol–water partition coefficient (Wildman–Crippen LogP) is 0.00210. The molecule has 1 aromatic heterocycles. The van der Waals surface area contributed by atoms with Gasteiger partial charge in [-0.1, -0.05) is 0 Å². The molecule has 2 rings (SSSR count). The fourth-order valence-electron chi connectivity index (χ4n) is 1.47. The molecule has 5 nitrogen and oxygen atoms in total. The highest BCUT2D eigenvalue weighted by Crippen LogP contribution is 2.18. The first-order valence-corrected chi connectivity index (χ1v) is 4.38. The monoisotopic (exact) mass is 182 g/mol. The number of aromatic nitrogens is 3. The molecule has 0 radical (unpaired) electrons. The van der Waals surface area contributed by atoms with Crippen LogP contribution in [0.15, 0.2) is 0 Å². The van der Waals surface area contributed by atoms with Crippen molar-refractivity contribution >= 4 is 0 Å². The first kappa shape index (κ1) is 8.65. The van der Waals surface area contributed by atoms with E-state index < -0.39 is 5.54 Å². The predicted molar refractivity (Wildman–Crippen MR) is 46.9 cm³/mol. The Morgan fingerprint density at radius 1 is 1.46 bits per heavy atom. The maximum Gasteiger partial charge on any atom is 0.159 e. The van der Waals surface area contributed by atoms with Gasteiger partial charge in [-0.05, 0) is 13.8 Å². The molecule has 0 saturated heterocycles. The number of nitrogens with two attached hydrogens (primary N) is 1. The van der Waals surface area contributed by atoms with Gasteiger partial charge < -0.3 is 15.0 Å². The van der Waals surface area contributed by atoms with E-state index in [0.717, 1.165) is 18.2 Å². The van der Waals surface area contributed by atoms with Crippen LogP contribution in [0, 0.1) is 0 Å². The Bertz CT molecular complexity index is 312. The van der Waals surface area contributed by atoms with Crippen molar-refractivity contribution in [3.8, 4) is 0 Å². The van der Waals surface area contributed by atoms with E-state index in [2.05, 4.69) is 10.2 Å². The van der Waals surface area contributed by atoms with E-state index in [9.17, 15) is 0 Å². The van der Waals surface area contributed by atoms with Crippen molar-refractivity contribution in [2.45, 2.75) is 32.5 Å². The van der Waals surface area contributed by atoms with Gasteiger partial charge in [-0.3, -0.25) is 0 Å². The molecule has 5 heteroatoms. The van der Waals surface area contributed by atoms with Gasteiger partial charge in [-0.25, -0.2) is 0 Å². The van der Waals surface area contributed by atoms with Crippen LogP contribution < -0.4 is 5.73 Å². The van der Waals surface area contributed by atoms with E-state index in [0.29, 0.717) is 13.2 Å². The average Bonchev–Trinajstić information content (AvgIpc) is 2.45. The van der Waals surface area contributed by atoms with Gasteiger partial charge in [0.25, 0.3) is 0 Å². The molecule has 1 aliphatic heterocycles. The highest BCUT2D eigenvalue weighted by atomic mass is 16.5. The van der Waals surface area contributed by atoms with E-state index in [-0.39, 0.29) is 0 Å². The number of hydrogen-bond donors (Lipinski definition) is 1. The van der Waals surface area contributed by atoms with Crippen molar-refractivity contribution in [3.05, 3.63) is 11.6 Å². The van der Waals surface area contributed by atoms with Gasteiger partial charge in [0, 0.05) is 6.54 Å². The quantitative estimate of drug-likeness (QED) is 0.664. The zero-order valence-electron chi connectivity index (χ0n) is 7.95. The summed E-state index contributed by atoms with van der Waals surface area (Å²) in [6.07, 6.45) is 0. The highest BCUT2D eigenvalue weighted by molar-refractivity contribution is 5.05. The minimum atomic E-state index is -0.428. The van der Waals surface area contributed by atoms with Crippen LogP contribution in [-0.2, 0) is 23.4 Å². The van der Waals surface area contributed by atoms with Gasteiger partial charge in [0.2, 0.25) is 0 Å². The molecule has 1 aromatic rings. The zero-order chi connectivity index (χ0) is 9.47. The summed E-state index contributed by atoms with van der Waals surface area (Å²) in [5.41, 5.74) is 5.53. The van der Waals surface area contributed by atoms with Crippen LogP contribution in [0.4, 0.5) is 0 Å². The molecular formula is C8H14N4O. The minimum Gasteiger partial charge on any atom is -0.372 e. The van der Waals surface area contributed by atoms with Gasteiger partial charge in [-0.2, -0.15) is 0 Å². The Morgan fingerprint density at radius 3 is 2.92 bits per heavy atom. The van der Waals surface area contributed by atoms with E-state index in [1.165, 1.54) is 0 Å². The molecule has 0 bridgehead atoms. The molecule has 0 atom stereocenters. The number of fused-ring (bicyclic) bond motifs is 1. The van der Waals surface area contributed by atoms with Crippen molar-refractivity contribution in [1.29, 1.82) is 0 Å². The molecule has 2 N–H and O–H groups in total. The van der Waals surface area contributed by atoms with E-state index in [1.54, 1.807) is 0 Å². The topological polar surface area (TPSA) is 66.0 Å². The molecule has 1 aliphatic rings. The maximum absolute atomic E-state index is 5.96. The van der Waals surface area contributed by atoms with Crippen LogP contribution in [0.1, 0.15) is 25.5 Å². The van der Waals surface area contributed by atoms with E-state index in [1.807, 2.05) is 18.4 Å². The molecule has 13 heavy (non-hydrogen) atoms. The molecule has 0 fully saturated rings. The normalized spacial score (nSPS) is 17.2. The second-order valence-corrected chi connectivity index (χ2v) is 3.87. The smallest absolute Gasteiger partial charge is 0.159 e. The van der Waals surface area contributed by atoms with Gasteiger partial charge in [0.05, 0.1) is 12.1 Å². The zero-order valence-corrected chi connectivity index (χ0v) is 7.95. The third kappa shape index (κ3) is 1.45. The van der Waals surface area contributed by atoms with Crippen molar-refractivity contribution in [2.75, 3.05) is 6.61 Å². The summed E-state index contributed by atoms with van der Waals surface area (Å²) >= 11 is 0. The average molecular weight is 182 g/mol. The molecule has 0 spiro atoms. The second-order valence-electron chi connectivity index (χ2n) is 3.87. The second kappa shape index (κ2) is 2.78. The third-order valence-corrected chi connectivity index (χ3v) is 2.09. The van der Waals surface area contributed by atoms with Crippen LogP contribution in [0.3, 0.4) is 0 Å². The summed E-state index contributed by atoms with van der Waals surface area (Å²) in [4.78, 5) is 0. The number of rotatable bonds is 1. The standard InChI is InChI=1S/C8H14N4O/c1-8(2,9)7-11-10-6-5-13-4-3-12(6)7/h3-5,9H2,1-2H3. The first-order chi connectivity index (χ1) is 6.09. The number of hydrogen-bond acceptors (Lipinski definition) is 4. The number of ether oxygens (including phenoxy) is 1. The van der Waals surface area contributed by atoms with Gasteiger partial charge in [0.15, 0.2) is 11.6 Å². The summed E-state index contributed by atoms with van der Waals surface area (Å²) in [5.74, 6) is 1.71. The Morgan fingerprint density at radius 2 is 2.23 bits per heavy atom. The molecule has 0 amide bonds. The van der Waals surface area contributed by atoms with Crippen molar-refractivity contribution in [1.82, 2.24) is 14.8 Å². The maximum atomic E-state index is 5.96. The molecular weight excluding hydrogens is 168 g/mol. The van der Waals surface area contributed by atoms with E-state index >= 15 is 0 Å². The SMILES string of the molecule is CC(C)(N)c1nnc2n1CCOC2. The lowest BCUT2D eigenvalue weighted by Crippen LogP contribution is -2.34. The van der Waals surface area contributed by atoms with Gasteiger partial charge in [0.1, 0.15) is 6.61 Å². The summed E-state index contributed by atoms with van der Waals surface area (Å²) in [5, 5.41) is 8.11. The lowest BCUT2D eigenvalue weighted by molar-refractivity contribution is 0.0796. The van der Waals surface area contributed by atoms with Crippen molar-refractivity contribution < 1.29 is 4.74 Å². The molecule has 0 aliphatic carbocycles. The first-order valence-electron chi connectivity index (χ1n) is 4.38. The van der Waals surface area contributed by atoms with Crippen molar-refractivity contribution in [2.24, 2.45) is 5.73 Å². The van der Waals surface area contributed by atoms with Crippen LogP contribution >= 0.6 is 0 Å². The molecule has 0 unspecified atom stereocenters. The van der Waals surface area contributed by atoms with Gasteiger partial charge >= 0.3 is 0 Å². The van der Waals surface area contributed by atoms with Crippen LogP contribution in [0.2, 0.25) is 0 Å². The molecule has 72 valence electrons. The fraction of sp³-hybridized carbons (Fsp3) is 0.750. The van der Waals surface area contributed by atoms with Crippen LogP contribution in [0.5, 0.6) is 0 Å². The third-order valence-electron chi connectivity index (χ3n) is 2.09. The van der Waals surface area contributed by atoms with Crippen molar-refractivity contribution in [3.63, 3.8) is 0 Å². The minimum absolute atomic E-state index is 0.428. The van der Waals surface area contributed by atoms with Gasteiger partial charge in [-0.15, -0.1) is 10.2 Å². The Labute approximate surface area is 76.9 Å². The molecule has 0 aromatic carbocycles. The van der Waals surface area contributed by atoms with Crippen LogP contribution in [-0.4, -0.2) is 21.4 Å². The Balaban J connectivity index is 2.43. The largest absolute Gasteiger partial charge is 0.372 e. The fourth-order valence-corrected chi connectivity index (χ4v) is 1.47. The summed E-state index contributed by atoms with van der Waals surface area (Å²) < 4.78 is 7.30. The number of nitrogens with zero attached hydrogens (tertiary/aromatic N) is 3. The molecule has 0 saturated carbocycles. The van der Waals surface area contributed by atoms with Crippen LogP contribution in [0.25, 0.3) is 0 Å². The summed E-state index contributed by atoms with van der Waals surface area (Å²) in [7, 11) is 0. The summed E-state index contributed by atoms with van der Waals surface area (Å²) in [6.45, 7) is 5.93. The Hall–Kier alpha value is -0.940. The Kier molecular flexibility index (Phi) is 1.85. The van der Waals surface area contributed by atoms with E-state index in [4.69, 9.17) is 10.5 Å². The summed E-state index contributed by atoms with van der Waals surface area (Å²) in [6, 6.07) is 0. The lowest BCUT2D eigenvalue weighted by atomic mass is 10.1. The highest BCUT2D eigenvalue weighted by Gasteiger charge is 2.25. The molecule has 2 heterocycles.